The van der Waals surface area contributed by atoms with E-state index in [1.165, 1.54) is 6.20 Å². The van der Waals surface area contributed by atoms with E-state index in [2.05, 4.69) is 10.1 Å². The summed E-state index contributed by atoms with van der Waals surface area (Å²) in [6.45, 7) is 2.83. The fraction of sp³-hybridized carbons (Fsp3) is 0.214. The van der Waals surface area contributed by atoms with Crippen LogP contribution in [0.2, 0.25) is 0 Å². The summed E-state index contributed by atoms with van der Waals surface area (Å²) >= 11 is 0. The molecule has 3 aromatic rings. The van der Waals surface area contributed by atoms with E-state index < -0.39 is 0 Å². The van der Waals surface area contributed by atoms with Crippen LogP contribution in [0, 0.1) is 0 Å². The SMILES string of the molecule is CCOc1c(C=O)cnc2c1cnn2Cc1ccco1. The molecule has 0 saturated carbocycles. The van der Waals surface area contributed by atoms with E-state index in [9.17, 15) is 4.79 Å². The Balaban J connectivity index is 2.08. The second kappa shape index (κ2) is 5.16. The second-order valence-electron chi connectivity index (χ2n) is 4.21. The minimum Gasteiger partial charge on any atom is -0.492 e. The minimum atomic E-state index is 0.428. The molecule has 0 radical (unpaired) electrons. The van der Waals surface area contributed by atoms with Gasteiger partial charge in [-0.2, -0.15) is 5.10 Å². The molecule has 0 aromatic carbocycles. The molecule has 0 fully saturated rings. The quantitative estimate of drug-likeness (QED) is 0.666. The summed E-state index contributed by atoms with van der Waals surface area (Å²) in [4.78, 5) is 15.3. The Kier molecular flexibility index (Phi) is 3.20. The summed E-state index contributed by atoms with van der Waals surface area (Å²) in [6.07, 6.45) is 5.51. The van der Waals surface area contributed by atoms with Gasteiger partial charge in [0.05, 0.1) is 30.0 Å². The van der Waals surface area contributed by atoms with Crippen molar-refractivity contribution in [2.24, 2.45) is 0 Å². The molecule has 0 aliphatic heterocycles. The molecule has 6 heteroatoms. The summed E-state index contributed by atoms with van der Waals surface area (Å²) in [5.41, 5.74) is 1.09. The average molecular weight is 271 g/mol. The lowest BCUT2D eigenvalue weighted by Gasteiger charge is -2.07. The number of furan rings is 1. The topological polar surface area (TPSA) is 70.2 Å². The first-order valence-corrected chi connectivity index (χ1v) is 6.28. The number of fused-ring (bicyclic) bond motifs is 1. The van der Waals surface area contributed by atoms with Gasteiger partial charge in [0.1, 0.15) is 18.1 Å². The number of carbonyl (C=O) groups excluding carboxylic acids is 1. The third-order valence-corrected chi connectivity index (χ3v) is 2.95. The highest BCUT2D eigenvalue weighted by Crippen LogP contribution is 2.27. The molecule has 20 heavy (non-hydrogen) atoms. The zero-order chi connectivity index (χ0) is 13.9. The van der Waals surface area contributed by atoms with Crippen LogP contribution in [0.15, 0.2) is 35.2 Å². The van der Waals surface area contributed by atoms with Gasteiger partial charge in [-0.25, -0.2) is 9.67 Å². The third-order valence-electron chi connectivity index (χ3n) is 2.95. The summed E-state index contributed by atoms with van der Waals surface area (Å²) in [7, 11) is 0. The van der Waals surface area contributed by atoms with Crippen molar-refractivity contribution in [1.29, 1.82) is 0 Å². The zero-order valence-electron chi connectivity index (χ0n) is 10.9. The maximum Gasteiger partial charge on any atom is 0.161 e. The van der Waals surface area contributed by atoms with Crippen molar-refractivity contribution in [3.05, 3.63) is 42.1 Å². The number of hydrogen-bond acceptors (Lipinski definition) is 5. The first-order valence-electron chi connectivity index (χ1n) is 6.28. The number of aldehydes is 1. The Morgan fingerprint density at radius 2 is 2.35 bits per heavy atom. The summed E-state index contributed by atoms with van der Waals surface area (Å²) in [5, 5.41) is 5.01. The van der Waals surface area contributed by atoms with Gasteiger partial charge in [-0.3, -0.25) is 4.79 Å². The van der Waals surface area contributed by atoms with Crippen molar-refractivity contribution in [2.45, 2.75) is 13.5 Å². The number of pyridine rings is 1. The van der Waals surface area contributed by atoms with Crippen LogP contribution in [-0.4, -0.2) is 27.7 Å². The number of rotatable bonds is 5. The Bertz CT molecular complexity index is 732. The summed E-state index contributed by atoms with van der Waals surface area (Å²) in [6, 6.07) is 3.70. The van der Waals surface area contributed by atoms with Crippen molar-refractivity contribution in [3.63, 3.8) is 0 Å². The largest absolute Gasteiger partial charge is 0.492 e. The predicted octanol–water partition coefficient (Wildman–Crippen LogP) is 2.28. The molecular formula is C14H13N3O3. The number of carbonyl (C=O) groups is 1. The molecular weight excluding hydrogens is 258 g/mol. The highest BCUT2D eigenvalue weighted by atomic mass is 16.5. The van der Waals surface area contributed by atoms with Crippen LogP contribution in [0.1, 0.15) is 23.0 Å². The van der Waals surface area contributed by atoms with Gasteiger partial charge in [0, 0.05) is 6.20 Å². The highest BCUT2D eigenvalue weighted by Gasteiger charge is 2.14. The molecule has 0 spiro atoms. The van der Waals surface area contributed by atoms with E-state index in [1.807, 2.05) is 19.1 Å². The third kappa shape index (κ3) is 2.05. The molecule has 0 N–H and O–H groups in total. The maximum absolute atomic E-state index is 11.0. The Morgan fingerprint density at radius 1 is 1.45 bits per heavy atom. The van der Waals surface area contributed by atoms with Crippen molar-refractivity contribution >= 4 is 17.3 Å². The predicted molar refractivity (Wildman–Crippen MR) is 71.9 cm³/mol. The van der Waals surface area contributed by atoms with Gasteiger partial charge in [0.15, 0.2) is 11.9 Å². The van der Waals surface area contributed by atoms with Crippen LogP contribution in [-0.2, 0) is 6.54 Å². The lowest BCUT2D eigenvalue weighted by molar-refractivity contribution is 0.112. The van der Waals surface area contributed by atoms with E-state index >= 15 is 0 Å². The normalized spacial score (nSPS) is 10.8. The van der Waals surface area contributed by atoms with Gasteiger partial charge in [-0.15, -0.1) is 0 Å². The minimum absolute atomic E-state index is 0.428. The van der Waals surface area contributed by atoms with Gasteiger partial charge >= 0.3 is 0 Å². The van der Waals surface area contributed by atoms with E-state index in [-0.39, 0.29) is 0 Å². The number of ether oxygens (including phenoxy) is 1. The van der Waals surface area contributed by atoms with Crippen LogP contribution in [0.5, 0.6) is 5.75 Å². The van der Waals surface area contributed by atoms with Crippen LogP contribution in [0.25, 0.3) is 11.0 Å². The number of nitrogens with zero attached hydrogens (tertiary/aromatic N) is 3. The molecule has 102 valence electrons. The van der Waals surface area contributed by atoms with Crippen molar-refractivity contribution in [1.82, 2.24) is 14.8 Å². The van der Waals surface area contributed by atoms with Crippen LogP contribution < -0.4 is 4.74 Å². The Labute approximate surface area is 115 Å². The second-order valence-corrected chi connectivity index (χ2v) is 4.21. The molecule has 0 aliphatic carbocycles. The van der Waals surface area contributed by atoms with Crippen molar-refractivity contribution in [3.8, 4) is 5.75 Å². The number of aromatic nitrogens is 3. The average Bonchev–Trinajstić information content (AvgIpc) is 3.10. The van der Waals surface area contributed by atoms with Gasteiger partial charge in [0.25, 0.3) is 0 Å². The standard InChI is InChI=1S/C14H13N3O3/c1-2-19-13-10(9-18)6-15-14-12(13)7-16-17(14)8-11-4-3-5-20-11/h3-7,9H,2,8H2,1H3. The maximum atomic E-state index is 11.0. The fourth-order valence-electron chi connectivity index (χ4n) is 2.08. The van der Waals surface area contributed by atoms with Gasteiger partial charge in [-0.1, -0.05) is 0 Å². The van der Waals surface area contributed by atoms with Gasteiger partial charge in [0.2, 0.25) is 0 Å². The molecule has 0 unspecified atom stereocenters. The zero-order valence-corrected chi connectivity index (χ0v) is 10.9. The lowest BCUT2D eigenvalue weighted by atomic mass is 10.2. The highest BCUT2D eigenvalue weighted by molar-refractivity contribution is 5.92. The molecule has 0 bridgehead atoms. The molecule has 0 amide bonds. The first-order chi connectivity index (χ1) is 9.83. The monoisotopic (exact) mass is 271 g/mol. The molecule has 3 heterocycles. The van der Waals surface area contributed by atoms with E-state index in [4.69, 9.17) is 9.15 Å². The first kappa shape index (κ1) is 12.4. The molecule has 0 saturated heterocycles. The Hall–Kier alpha value is -2.63. The molecule has 3 aromatic heterocycles. The van der Waals surface area contributed by atoms with Gasteiger partial charge < -0.3 is 9.15 Å². The lowest BCUT2D eigenvalue weighted by Crippen LogP contribution is -2.03. The van der Waals surface area contributed by atoms with Crippen molar-refractivity contribution in [2.75, 3.05) is 6.61 Å². The van der Waals surface area contributed by atoms with E-state index in [0.29, 0.717) is 30.1 Å². The molecule has 6 nitrogen and oxygen atoms in total. The van der Waals surface area contributed by atoms with E-state index in [0.717, 1.165) is 17.4 Å². The fourth-order valence-corrected chi connectivity index (χ4v) is 2.08. The van der Waals surface area contributed by atoms with Crippen LogP contribution >= 0.6 is 0 Å². The summed E-state index contributed by atoms with van der Waals surface area (Å²) in [5.74, 6) is 1.31. The van der Waals surface area contributed by atoms with E-state index in [1.54, 1.807) is 17.1 Å². The molecule has 3 rings (SSSR count). The van der Waals surface area contributed by atoms with Gasteiger partial charge in [-0.05, 0) is 19.1 Å². The van der Waals surface area contributed by atoms with Crippen LogP contribution in [0.4, 0.5) is 0 Å². The molecule has 0 atom stereocenters. The van der Waals surface area contributed by atoms with Crippen LogP contribution in [0.3, 0.4) is 0 Å². The molecule has 0 aliphatic rings. The number of hydrogen-bond donors (Lipinski definition) is 0. The smallest absolute Gasteiger partial charge is 0.161 e. The van der Waals surface area contributed by atoms with Crippen molar-refractivity contribution < 1.29 is 13.9 Å². The summed E-state index contributed by atoms with van der Waals surface area (Å²) < 4.78 is 12.6. The Morgan fingerprint density at radius 3 is 3.05 bits per heavy atom.